The molecule has 0 amide bonds. The normalized spacial score (nSPS) is 12.4. The minimum atomic E-state index is 0.254. The summed E-state index contributed by atoms with van der Waals surface area (Å²) in [6, 6.07) is 9.07. The molecule has 2 rings (SSSR count). The largest absolute Gasteiger partial charge is 0.496 e. The topological polar surface area (TPSA) is 21.3 Å². The Morgan fingerprint density at radius 3 is 2.65 bits per heavy atom. The van der Waals surface area contributed by atoms with Crippen LogP contribution in [0.4, 0.5) is 0 Å². The monoisotopic (exact) mass is 289 g/mol. The second kappa shape index (κ2) is 6.91. The number of rotatable bonds is 6. The molecular formula is C17H23NOS. The summed E-state index contributed by atoms with van der Waals surface area (Å²) in [6.45, 7) is 7.53. The Kier molecular flexibility index (Phi) is 5.21. The average Bonchev–Trinajstić information content (AvgIpc) is 2.90. The number of thiophene rings is 1. The Labute approximate surface area is 125 Å². The van der Waals surface area contributed by atoms with Crippen LogP contribution < -0.4 is 10.1 Å². The zero-order valence-corrected chi connectivity index (χ0v) is 13.5. The summed E-state index contributed by atoms with van der Waals surface area (Å²) in [4.78, 5) is 1.31. The Balaban J connectivity index is 2.35. The molecule has 0 saturated heterocycles. The van der Waals surface area contributed by atoms with Crippen LogP contribution in [-0.4, -0.2) is 13.7 Å². The summed E-state index contributed by atoms with van der Waals surface area (Å²) >= 11 is 1.75. The van der Waals surface area contributed by atoms with Gasteiger partial charge in [-0.3, -0.25) is 0 Å². The lowest BCUT2D eigenvalue weighted by molar-refractivity contribution is 0.416. The Bertz CT molecular complexity index is 562. The highest BCUT2D eigenvalue weighted by molar-refractivity contribution is 7.10. The van der Waals surface area contributed by atoms with E-state index in [0.29, 0.717) is 0 Å². The third-order valence-electron chi connectivity index (χ3n) is 3.45. The van der Waals surface area contributed by atoms with E-state index in [2.05, 4.69) is 55.7 Å². The molecule has 1 atom stereocenters. The van der Waals surface area contributed by atoms with Crippen LogP contribution in [0.25, 0.3) is 0 Å². The minimum absolute atomic E-state index is 0.254. The van der Waals surface area contributed by atoms with Gasteiger partial charge in [-0.25, -0.2) is 0 Å². The van der Waals surface area contributed by atoms with Gasteiger partial charge in [0.2, 0.25) is 0 Å². The van der Waals surface area contributed by atoms with E-state index in [1.54, 1.807) is 18.4 Å². The van der Waals surface area contributed by atoms with E-state index >= 15 is 0 Å². The lowest BCUT2D eigenvalue weighted by Gasteiger charge is -2.20. The van der Waals surface area contributed by atoms with Gasteiger partial charge in [-0.1, -0.05) is 30.7 Å². The van der Waals surface area contributed by atoms with Crippen LogP contribution in [0.3, 0.4) is 0 Å². The second-order valence-corrected chi connectivity index (χ2v) is 6.08. The number of hydrogen-bond donors (Lipinski definition) is 1. The molecule has 1 heterocycles. The maximum Gasteiger partial charge on any atom is 0.129 e. The molecule has 0 bridgehead atoms. The first-order valence-electron chi connectivity index (χ1n) is 7.08. The number of benzene rings is 1. The first-order valence-corrected chi connectivity index (χ1v) is 7.96. The van der Waals surface area contributed by atoms with Gasteiger partial charge in [0.15, 0.2) is 0 Å². The molecule has 1 aromatic carbocycles. The second-order valence-electron chi connectivity index (χ2n) is 5.14. The van der Waals surface area contributed by atoms with Crippen LogP contribution in [0.2, 0.25) is 0 Å². The standard InChI is InChI=1S/C17H23NOS/c1-5-8-18-17(16-10-14(19-4)11-20-16)15-7-6-12(2)9-13(15)3/h6-7,9-11,17-18H,5,8H2,1-4H3. The number of hydrogen-bond acceptors (Lipinski definition) is 3. The number of ether oxygens (including phenoxy) is 1. The van der Waals surface area contributed by atoms with Crippen LogP contribution in [-0.2, 0) is 0 Å². The molecule has 0 saturated carbocycles. The lowest BCUT2D eigenvalue weighted by atomic mass is 9.98. The van der Waals surface area contributed by atoms with E-state index in [1.807, 2.05) is 0 Å². The molecule has 0 aliphatic heterocycles. The van der Waals surface area contributed by atoms with Crippen molar-refractivity contribution in [3.05, 3.63) is 51.2 Å². The number of methoxy groups -OCH3 is 1. The maximum atomic E-state index is 5.32. The van der Waals surface area contributed by atoms with Gasteiger partial charge in [0.05, 0.1) is 13.2 Å². The molecule has 3 heteroatoms. The van der Waals surface area contributed by atoms with Gasteiger partial charge in [0, 0.05) is 10.3 Å². The van der Waals surface area contributed by atoms with Crippen molar-refractivity contribution in [2.45, 2.75) is 33.2 Å². The third kappa shape index (κ3) is 3.41. The van der Waals surface area contributed by atoms with Gasteiger partial charge >= 0.3 is 0 Å². The van der Waals surface area contributed by atoms with E-state index in [0.717, 1.165) is 18.7 Å². The zero-order valence-electron chi connectivity index (χ0n) is 12.7. The zero-order chi connectivity index (χ0) is 14.5. The van der Waals surface area contributed by atoms with Crippen molar-refractivity contribution in [2.24, 2.45) is 0 Å². The SMILES string of the molecule is CCCNC(c1cc(OC)cs1)c1ccc(C)cc1C. The molecule has 1 unspecified atom stereocenters. The van der Waals surface area contributed by atoms with Gasteiger partial charge in [0.1, 0.15) is 5.75 Å². The molecule has 0 spiro atoms. The van der Waals surface area contributed by atoms with Crippen molar-refractivity contribution in [3.63, 3.8) is 0 Å². The molecule has 2 nitrogen and oxygen atoms in total. The van der Waals surface area contributed by atoms with E-state index < -0.39 is 0 Å². The third-order valence-corrected chi connectivity index (χ3v) is 4.43. The highest BCUT2D eigenvalue weighted by Gasteiger charge is 2.17. The Hall–Kier alpha value is -1.32. The molecule has 0 aliphatic rings. The minimum Gasteiger partial charge on any atom is -0.496 e. The van der Waals surface area contributed by atoms with E-state index in [9.17, 15) is 0 Å². The van der Waals surface area contributed by atoms with Gasteiger partial charge in [-0.2, -0.15) is 0 Å². The predicted octanol–water partition coefficient (Wildman–Crippen LogP) is 4.46. The van der Waals surface area contributed by atoms with E-state index in [4.69, 9.17) is 4.74 Å². The molecule has 20 heavy (non-hydrogen) atoms. The summed E-state index contributed by atoms with van der Waals surface area (Å²) in [5, 5.41) is 5.72. The van der Waals surface area contributed by atoms with Gasteiger partial charge in [-0.15, -0.1) is 11.3 Å². The van der Waals surface area contributed by atoms with Crippen LogP contribution in [0, 0.1) is 13.8 Å². The molecule has 1 N–H and O–H groups in total. The van der Waals surface area contributed by atoms with E-state index in [1.165, 1.54) is 21.6 Å². The first-order chi connectivity index (χ1) is 9.65. The highest BCUT2D eigenvalue weighted by atomic mass is 32.1. The molecule has 1 aromatic heterocycles. The quantitative estimate of drug-likeness (QED) is 0.847. The Morgan fingerprint density at radius 2 is 2.05 bits per heavy atom. The van der Waals surface area contributed by atoms with Crippen molar-refractivity contribution in [1.29, 1.82) is 0 Å². The fourth-order valence-corrected chi connectivity index (χ4v) is 3.34. The van der Waals surface area contributed by atoms with Crippen LogP contribution in [0.5, 0.6) is 5.75 Å². The van der Waals surface area contributed by atoms with Crippen molar-refractivity contribution in [1.82, 2.24) is 5.32 Å². The number of nitrogens with one attached hydrogen (secondary N) is 1. The van der Waals surface area contributed by atoms with Crippen molar-refractivity contribution >= 4 is 11.3 Å². The van der Waals surface area contributed by atoms with Gasteiger partial charge in [0.25, 0.3) is 0 Å². The summed E-state index contributed by atoms with van der Waals surface area (Å²) in [6.07, 6.45) is 1.13. The molecule has 0 fully saturated rings. The van der Waals surface area contributed by atoms with Crippen molar-refractivity contribution in [3.8, 4) is 5.75 Å². The van der Waals surface area contributed by atoms with Crippen LogP contribution in [0.15, 0.2) is 29.6 Å². The molecule has 108 valence electrons. The molecule has 2 aromatic rings. The maximum absolute atomic E-state index is 5.32. The summed E-state index contributed by atoms with van der Waals surface area (Å²) in [5.41, 5.74) is 4.00. The van der Waals surface area contributed by atoms with Crippen molar-refractivity contribution < 1.29 is 4.74 Å². The predicted molar refractivity (Wildman–Crippen MR) is 86.9 cm³/mol. The van der Waals surface area contributed by atoms with E-state index in [-0.39, 0.29) is 6.04 Å². The fraction of sp³-hybridized carbons (Fsp3) is 0.412. The first kappa shape index (κ1) is 15.1. The highest BCUT2D eigenvalue weighted by Crippen LogP contribution is 2.32. The van der Waals surface area contributed by atoms with Crippen LogP contribution in [0.1, 0.15) is 41.0 Å². The summed E-state index contributed by atoms with van der Waals surface area (Å²) in [5.74, 6) is 0.943. The summed E-state index contributed by atoms with van der Waals surface area (Å²) < 4.78 is 5.32. The van der Waals surface area contributed by atoms with Gasteiger partial charge < -0.3 is 10.1 Å². The van der Waals surface area contributed by atoms with Crippen molar-refractivity contribution in [2.75, 3.05) is 13.7 Å². The smallest absolute Gasteiger partial charge is 0.129 e. The molecule has 0 radical (unpaired) electrons. The molecule has 0 aliphatic carbocycles. The average molecular weight is 289 g/mol. The number of aryl methyl sites for hydroxylation is 2. The summed E-state index contributed by atoms with van der Waals surface area (Å²) in [7, 11) is 1.72. The lowest BCUT2D eigenvalue weighted by Crippen LogP contribution is -2.23. The van der Waals surface area contributed by atoms with Crippen LogP contribution >= 0.6 is 11.3 Å². The Morgan fingerprint density at radius 1 is 1.25 bits per heavy atom. The molecular weight excluding hydrogens is 266 g/mol. The fourth-order valence-electron chi connectivity index (χ4n) is 2.39. The van der Waals surface area contributed by atoms with Gasteiger partial charge in [-0.05, 0) is 44.0 Å².